The lowest BCUT2D eigenvalue weighted by atomic mass is 10.2. The van der Waals surface area contributed by atoms with Crippen LogP contribution in [0.5, 0.6) is 5.88 Å². The fourth-order valence-electron chi connectivity index (χ4n) is 1.01. The Morgan fingerprint density at radius 3 is 2.77 bits per heavy atom. The number of aryl methyl sites for hydroxylation is 1. The van der Waals surface area contributed by atoms with Gasteiger partial charge in [0.2, 0.25) is 5.88 Å². The number of hydrogen-bond donors (Lipinski definition) is 0. The Bertz CT molecular complexity index is 325. The number of pyridine rings is 1. The number of ether oxygens (including phenoxy) is 1. The number of methoxy groups -OCH3 is 1. The largest absolute Gasteiger partial charge is 0.481 e. The molecule has 5 nitrogen and oxygen atoms in total. The number of nitrogens with zero attached hydrogens (tertiary/aromatic N) is 2. The van der Waals surface area contributed by atoms with Crippen molar-refractivity contribution in [2.24, 2.45) is 0 Å². The van der Waals surface area contributed by atoms with Gasteiger partial charge in [0.25, 0.3) is 5.69 Å². The Kier molecular flexibility index (Phi) is 2.79. The summed E-state index contributed by atoms with van der Waals surface area (Å²) in [6, 6.07) is 2.89. The maximum Gasteiger partial charge on any atom is 0.291 e. The second kappa shape index (κ2) is 3.84. The van der Waals surface area contributed by atoms with Crippen LogP contribution in [-0.4, -0.2) is 17.0 Å². The maximum atomic E-state index is 10.5. The fraction of sp³-hybridized carbons (Fsp3) is 0.375. The highest BCUT2D eigenvalue weighted by Crippen LogP contribution is 2.19. The fourth-order valence-corrected chi connectivity index (χ4v) is 1.01. The van der Waals surface area contributed by atoms with Crippen molar-refractivity contribution in [1.82, 2.24) is 4.98 Å². The highest BCUT2D eigenvalue weighted by atomic mass is 16.6. The molecule has 0 radical (unpaired) electrons. The molecule has 0 unspecified atom stereocenters. The highest BCUT2D eigenvalue weighted by molar-refractivity contribution is 5.37. The van der Waals surface area contributed by atoms with Crippen LogP contribution in [-0.2, 0) is 6.42 Å². The average molecular weight is 182 g/mol. The molecule has 0 N–H and O–H groups in total. The molecule has 1 aromatic heterocycles. The average Bonchev–Trinajstić information content (AvgIpc) is 2.16. The van der Waals surface area contributed by atoms with Gasteiger partial charge in [-0.15, -0.1) is 0 Å². The van der Waals surface area contributed by atoms with Crippen molar-refractivity contribution >= 4 is 5.69 Å². The van der Waals surface area contributed by atoms with Crippen molar-refractivity contribution in [3.05, 3.63) is 27.9 Å². The van der Waals surface area contributed by atoms with E-state index < -0.39 is 4.92 Å². The van der Waals surface area contributed by atoms with E-state index in [0.29, 0.717) is 18.0 Å². The molecule has 0 atom stereocenters. The van der Waals surface area contributed by atoms with E-state index in [1.165, 1.54) is 19.2 Å². The topological polar surface area (TPSA) is 65.3 Å². The van der Waals surface area contributed by atoms with Crippen LogP contribution < -0.4 is 4.74 Å². The monoisotopic (exact) mass is 182 g/mol. The van der Waals surface area contributed by atoms with E-state index in [1.807, 2.05) is 6.92 Å². The summed E-state index contributed by atoms with van der Waals surface area (Å²) in [6.07, 6.45) is 0.521. The van der Waals surface area contributed by atoms with Gasteiger partial charge in [-0.25, -0.2) is 4.98 Å². The molecule has 5 heteroatoms. The van der Waals surface area contributed by atoms with Crippen LogP contribution in [0.25, 0.3) is 0 Å². The number of aromatic nitrogens is 1. The van der Waals surface area contributed by atoms with Gasteiger partial charge in [-0.05, 0) is 6.42 Å². The first kappa shape index (κ1) is 9.44. The molecule has 0 saturated heterocycles. The van der Waals surface area contributed by atoms with E-state index >= 15 is 0 Å². The predicted octanol–water partition coefficient (Wildman–Crippen LogP) is 1.56. The Morgan fingerprint density at radius 1 is 1.62 bits per heavy atom. The molecule has 0 aliphatic rings. The molecule has 0 aliphatic carbocycles. The standard InChI is InChI=1S/C8H10N2O3/c1-3-6-7(10(11)12)4-5-8(9-6)13-2/h4-5H,3H2,1-2H3. The summed E-state index contributed by atoms with van der Waals surface area (Å²) in [4.78, 5) is 14.0. The van der Waals surface area contributed by atoms with Crippen molar-refractivity contribution < 1.29 is 9.66 Å². The Balaban J connectivity index is 3.15. The Labute approximate surface area is 75.5 Å². The van der Waals surface area contributed by atoms with Crippen molar-refractivity contribution in [2.75, 3.05) is 7.11 Å². The summed E-state index contributed by atoms with van der Waals surface area (Å²) in [5, 5.41) is 10.5. The minimum absolute atomic E-state index is 0.0447. The van der Waals surface area contributed by atoms with E-state index in [1.54, 1.807) is 0 Å². The summed E-state index contributed by atoms with van der Waals surface area (Å²) in [6.45, 7) is 1.81. The number of rotatable bonds is 3. The van der Waals surface area contributed by atoms with Crippen LogP contribution >= 0.6 is 0 Å². The smallest absolute Gasteiger partial charge is 0.291 e. The molecule has 13 heavy (non-hydrogen) atoms. The molecule has 1 heterocycles. The molecule has 0 aromatic carbocycles. The van der Waals surface area contributed by atoms with Gasteiger partial charge in [0.05, 0.1) is 12.0 Å². The molecule has 0 spiro atoms. The van der Waals surface area contributed by atoms with E-state index in [2.05, 4.69) is 4.98 Å². The van der Waals surface area contributed by atoms with E-state index in [9.17, 15) is 10.1 Å². The van der Waals surface area contributed by atoms with Crippen LogP contribution in [0.1, 0.15) is 12.6 Å². The van der Waals surface area contributed by atoms with Crippen molar-refractivity contribution in [2.45, 2.75) is 13.3 Å². The predicted molar refractivity (Wildman–Crippen MR) is 46.8 cm³/mol. The zero-order chi connectivity index (χ0) is 9.84. The first-order valence-corrected chi connectivity index (χ1v) is 3.87. The molecule has 1 aromatic rings. The van der Waals surface area contributed by atoms with Gasteiger partial charge in [-0.2, -0.15) is 0 Å². The van der Waals surface area contributed by atoms with Gasteiger partial charge in [-0.3, -0.25) is 10.1 Å². The second-order valence-corrected chi connectivity index (χ2v) is 2.43. The molecule has 0 bridgehead atoms. The van der Waals surface area contributed by atoms with Crippen LogP contribution in [0.15, 0.2) is 12.1 Å². The summed E-state index contributed by atoms with van der Waals surface area (Å²) in [5.74, 6) is 0.405. The Hall–Kier alpha value is -1.65. The molecule has 0 fully saturated rings. The summed E-state index contributed by atoms with van der Waals surface area (Å²) in [7, 11) is 1.48. The molecular weight excluding hydrogens is 172 g/mol. The highest BCUT2D eigenvalue weighted by Gasteiger charge is 2.13. The van der Waals surface area contributed by atoms with E-state index in [0.717, 1.165) is 0 Å². The van der Waals surface area contributed by atoms with Gasteiger partial charge < -0.3 is 4.74 Å². The van der Waals surface area contributed by atoms with Crippen LogP contribution in [0.4, 0.5) is 5.69 Å². The first-order chi connectivity index (χ1) is 6.19. The zero-order valence-corrected chi connectivity index (χ0v) is 7.48. The number of hydrogen-bond acceptors (Lipinski definition) is 4. The second-order valence-electron chi connectivity index (χ2n) is 2.43. The summed E-state index contributed by atoms with van der Waals surface area (Å²) in [5.41, 5.74) is 0.493. The molecule has 0 aliphatic heterocycles. The van der Waals surface area contributed by atoms with Gasteiger partial charge in [0.1, 0.15) is 5.69 Å². The lowest BCUT2D eigenvalue weighted by Gasteiger charge is -2.01. The van der Waals surface area contributed by atoms with Gasteiger partial charge in [0.15, 0.2) is 0 Å². The first-order valence-electron chi connectivity index (χ1n) is 3.87. The lowest BCUT2D eigenvalue weighted by Crippen LogP contribution is -1.98. The van der Waals surface area contributed by atoms with Gasteiger partial charge in [0, 0.05) is 12.1 Å². The van der Waals surface area contributed by atoms with E-state index in [4.69, 9.17) is 4.74 Å². The molecule has 0 saturated carbocycles. The third-order valence-corrected chi connectivity index (χ3v) is 1.67. The quantitative estimate of drug-likeness (QED) is 0.525. The van der Waals surface area contributed by atoms with Crippen LogP contribution in [0, 0.1) is 10.1 Å². The summed E-state index contributed by atoms with van der Waals surface area (Å²) < 4.78 is 4.86. The molecule has 1 rings (SSSR count). The van der Waals surface area contributed by atoms with Crippen molar-refractivity contribution in [3.8, 4) is 5.88 Å². The van der Waals surface area contributed by atoms with Gasteiger partial charge >= 0.3 is 0 Å². The third-order valence-electron chi connectivity index (χ3n) is 1.67. The van der Waals surface area contributed by atoms with Crippen LogP contribution in [0.2, 0.25) is 0 Å². The minimum atomic E-state index is -0.439. The maximum absolute atomic E-state index is 10.5. The molecule has 70 valence electrons. The van der Waals surface area contributed by atoms with Crippen molar-refractivity contribution in [1.29, 1.82) is 0 Å². The Morgan fingerprint density at radius 2 is 2.31 bits per heavy atom. The van der Waals surface area contributed by atoms with Crippen molar-refractivity contribution in [3.63, 3.8) is 0 Å². The third kappa shape index (κ3) is 1.93. The van der Waals surface area contributed by atoms with Gasteiger partial charge in [-0.1, -0.05) is 6.92 Å². The minimum Gasteiger partial charge on any atom is -0.481 e. The SMILES string of the molecule is CCc1nc(OC)ccc1[N+](=O)[O-]. The normalized spacial score (nSPS) is 9.69. The number of nitro groups is 1. The molecular formula is C8H10N2O3. The molecule has 0 amide bonds. The summed E-state index contributed by atoms with van der Waals surface area (Å²) >= 11 is 0. The van der Waals surface area contributed by atoms with E-state index in [-0.39, 0.29) is 5.69 Å². The van der Waals surface area contributed by atoms with Crippen LogP contribution in [0.3, 0.4) is 0 Å². The lowest BCUT2D eigenvalue weighted by molar-refractivity contribution is -0.385. The zero-order valence-electron chi connectivity index (χ0n) is 7.48.